The minimum absolute atomic E-state index is 0.0169. The van der Waals surface area contributed by atoms with Gasteiger partial charge in [-0.2, -0.15) is 0 Å². The van der Waals surface area contributed by atoms with Crippen LogP contribution in [0.3, 0.4) is 0 Å². The van der Waals surface area contributed by atoms with Crippen molar-refractivity contribution < 1.29 is 13.2 Å². The summed E-state index contributed by atoms with van der Waals surface area (Å²) < 4.78 is 27.1. The van der Waals surface area contributed by atoms with Crippen LogP contribution in [0.15, 0.2) is 17.0 Å². The summed E-state index contributed by atoms with van der Waals surface area (Å²) in [7, 11) is -2.27. The molecule has 0 saturated carbocycles. The average molecular weight is 236 g/mol. The van der Waals surface area contributed by atoms with Gasteiger partial charge < -0.3 is 4.74 Å². The number of aryl methyl sites for hydroxylation is 1. The van der Waals surface area contributed by atoms with Crippen molar-refractivity contribution in [3.8, 4) is 5.75 Å². The molecule has 4 nitrogen and oxygen atoms in total. The minimum Gasteiger partial charge on any atom is -0.495 e. The molecule has 0 saturated heterocycles. The van der Waals surface area contributed by atoms with Gasteiger partial charge in [0, 0.05) is 0 Å². The second kappa shape index (κ2) is 3.76. The molecule has 0 fully saturated rings. The maximum absolute atomic E-state index is 11.1. The Balaban J connectivity index is 3.44. The van der Waals surface area contributed by atoms with Crippen molar-refractivity contribution in [1.29, 1.82) is 0 Å². The molecular weight excluding hydrogens is 226 g/mol. The predicted octanol–water partition coefficient (Wildman–Crippen LogP) is 1.30. The lowest BCUT2D eigenvalue weighted by Crippen LogP contribution is -2.13. The topological polar surface area (TPSA) is 69.4 Å². The number of benzene rings is 1. The van der Waals surface area contributed by atoms with Crippen molar-refractivity contribution in [2.24, 2.45) is 5.14 Å². The molecule has 1 aromatic rings. The first-order valence-corrected chi connectivity index (χ1v) is 5.65. The molecule has 1 rings (SSSR count). The number of methoxy groups -OCH3 is 1. The van der Waals surface area contributed by atoms with E-state index in [1.807, 2.05) is 0 Å². The summed E-state index contributed by atoms with van der Waals surface area (Å²) in [5.74, 6) is 0.427. The maximum Gasteiger partial charge on any atom is 0.238 e. The fourth-order valence-corrected chi connectivity index (χ4v) is 2.20. The van der Waals surface area contributed by atoms with Gasteiger partial charge in [-0.05, 0) is 24.6 Å². The fraction of sp³-hybridized carbons (Fsp3) is 0.250. The Morgan fingerprint density at radius 2 is 2.00 bits per heavy atom. The molecule has 0 aliphatic heterocycles. The minimum atomic E-state index is -3.72. The highest BCUT2D eigenvalue weighted by atomic mass is 35.5. The Kier molecular flexibility index (Phi) is 3.04. The van der Waals surface area contributed by atoms with Crippen molar-refractivity contribution in [2.75, 3.05) is 7.11 Å². The highest BCUT2D eigenvalue weighted by Gasteiger charge is 2.14. The third-order valence-corrected chi connectivity index (χ3v) is 3.10. The molecule has 0 spiro atoms. The predicted molar refractivity (Wildman–Crippen MR) is 54.1 cm³/mol. The third kappa shape index (κ3) is 2.17. The molecular formula is C8H10ClNO3S. The van der Waals surface area contributed by atoms with Gasteiger partial charge in [-0.1, -0.05) is 11.6 Å². The lowest BCUT2D eigenvalue weighted by atomic mass is 10.2. The van der Waals surface area contributed by atoms with Crippen molar-refractivity contribution in [2.45, 2.75) is 11.8 Å². The number of hydrogen-bond donors (Lipinski definition) is 1. The molecule has 0 aromatic heterocycles. The Bertz CT molecular complexity index is 456. The van der Waals surface area contributed by atoms with Crippen LogP contribution in [0.25, 0.3) is 0 Å². The number of rotatable bonds is 2. The second-order valence-electron chi connectivity index (χ2n) is 2.80. The van der Waals surface area contributed by atoms with Gasteiger partial charge in [-0.25, -0.2) is 13.6 Å². The lowest BCUT2D eigenvalue weighted by Gasteiger charge is -2.07. The fourth-order valence-electron chi connectivity index (χ4n) is 1.10. The van der Waals surface area contributed by atoms with Gasteiger partial charge in [0.15, 0.2) is 0 Å². The Morgan fingerprint density at radius 1 is 1.43 bits per heavy atom. The summed E-state index contributed by atoms with van der Waals surface area (Å²) in [6.07, 6.45) is 0. The van der Waals surface area contributed by atoms with Gasteiger partial charge >= 0.3 is 0 Å². The number of hydrogen-bond acceptors (Lipinski definition) is 3. The van der Waals surface area contributed by atoms with Crippen LogP contribution < -0.4 is 9.88 Å². The van der Waals surface area contributed by atoms with E-state index in [1.54, 1.807) is 6.92 Å². The van der Waals surface area contributed by atoms with E-state index in [-0.39, 0.29) is 9.92 Å². The molecule has 0 aliphatic carbocycles. The lowest BCUT2D eigenvalue weighted by molar-refractivity contribution is 0.414. The van der Waals surface area contributed by atoms with Gasteiger partial charge in [0.05, 0.1) is 17.0 Å². The highest BCUT2D eigenvalue weighted by molar-refractivity contribution is 7.89. The SMILES string of the molecule is COc1cc(C)c(S(N)(=O)=O)cc1Cl. The monoisotopic (exact) mass is 235 g/mol. The van der Waals surface area contributed by atoms with Crippen LogP contribution in [0.1, 0.15) is 5.56 Å². The van der Waals surface area contributed by atoms with E-state index in [1.165, 1.54) is 19.2 Å². The van der Waals surface area contributed by atoms with Crippen LogP contribution in [-0.4, -0.2) is 15.5 Å². The quantitative estimate of drug-likeness (QED) is 0.840. The van der Waals surface area contributed by atoms with Crippen LogP contribution in [0.2, 0.25) is 5.02 Å². The summed E-state index contributed by atoms with van der Waals surface area (Å²) in [6.45, 7) is 1.62. The normalized spacial score (nSPS) is 11.4. The number of halogens is 1. The number of sulfonamides is 1. The van der Waals surface area contributed by atoms with Crippen LogP contribution in [0, 0.1) is 6.92 Å². The largest absolute Gasteiger partial charge is 0.495 e. The molecule has 0 heterocycles. The zero-order chi connectivity index (χ0) is 10.9. The first-order valence-electron chi connectivity index (χ1n) is 3.73. The summed E-state index contributed by atoms with van der Waals surface area (Å²) in [4.78, 5) is 0.0169. The van der Waals surface area contributed by atoms with Crippen molar-refractivity contribution in [3.63, 3.8) is 0 Å². The van der Waals surface area contributed by atoms with E-state index >= 15 is 0 Å². The van der Waals surface area contributed by atoms with E-state index in [9.17, 15) is 8.42 Å². The first kappa shape index (κ1) is 11.3. The van der Waals surface area contributed by atoms with E-state index in [0.29, 0.717) is 11.3 Å². The molecule has 78 valence electrons. The average Bonchev–Trinajstić information content (AvgIpc) is 2.06. The molecule has 1 aromatic carbocycles. The molecule has 2 N–H and O–H groups in total. The molecule has 0 bridgehead atoms. The van der Waals surface area contributed by atoms with Crippen LogP contribution in [0.5, 0.6) is 5.75 Å². The van der Waals surface area contributed by atoms with Gasteiger partial charge in [0.2, 0.25) is 10.0 Å². The Morgan fingerprint density at radius 3 is 2.43 bits per heavy atom. The summed E-state index contributed by atoms with van der Waals surface area (Å²) in [6, 6.07) is 2.81. The molecule has 6 heteroatoms. The van der Waals surface area contributed by atoms with Crippen molar-refractivity contribution in [1.82, 2.24) is 0 Å². The zero-order valence-corrected chi connectivity index (χ0v) is 9.32. The third-order valence-electron chi connectivity index (χ3n) is 1.76. The highest BCUT2D eigenvalue weighted by Crippen LogP contribution is 2.29. The first-order chi connectivity index (χ1) is 6.36. The van der Waals surface area contributed by atoms with E-state index in [0.717, 1.165) is 0 Å². The number of nitrogens with two attached hydrogens (primary N) is 1. The Labute approximate surface area is 87.7 Å². The number of ether oxygens (including phenoxy) is 1. The zero-order valence-electron chi connectivity index (χ0n) is 7.74. The molecule has 14 heavy (non-hydrogen) atoms. The van der Waals surface area contributed by atoms with E-state index in [2.05, 4.69) is 0 Å². The second-order valence-corrected chi connectivity index (χ2v) is 4.73. The van der Waals surface area contributed by atoms with E-state index < -0.39 is 10.0 Å². The van der Waals surface area contributed by atoms with Gasteiger partial charge in [-0.3, -0.25) is 0 Å². The maximum atomic E-state index is 11.1. The van der Waals surface area contributed by atoms with Crippen molar-refractivity contribution in [3.05, 3.63) is 22.7 Å². The molecule has 0 atom stereocenters. The summed E-state index contributed by atoms with van der Waals surface area (Å²) in [5, 5.41) is 5.21. The Hall–Kier alpha value is -0.780. The van der Waals surface area contributed by atoms with Gasteiger partial charge in [-0.15, -0.1) is 0 Å². The standard InChI is InChI=1S/C8H10ClNO3S/c1-5-3-7(13-2)6(9)4-8(5)14(10,11)12/h3-4H,1-2H3,(H2,10,11,12). The number of primary sulfonamides is 1. The van der Waals surface area contributed by atoms with E-state index in [4.69, 9.17) is 21.5 Å². The molecule has 0 aliphatic rings. The molecule has 0 amide bonds. The summed E-state index contributed by atoms with van der Waals surface area (Å²) in [5.41, 5.74) is 0.508. The smallest absolute Gasteiger partial charge is 0.238 e. The molecule has 0 unspecified atom stereocenters. The van der Waals surface area contributed by atoms with Crippen molar-refractivity contribution >= 4 is 21.6 Å². The molecule has 0 radical (unpaired) electrons. The van der Waals surface area contributed by atoms with Gasteiger partial charge in [0.25, 0.3) is 0 Å². The summed E-state index contributed by atoms with van der Waals surface area (Å²) >= 11 is 5.76. The van der Waals surface area contributed by atoms with Crippen LogP contribution in [-0.2, 0) is 10.0 Å². The van der Waals surface area contributed by atoms with Gasteiger partial charge in [0.1, 0.15) is 5.75 Å². The van der Waals surface area contributed by atoms with Crippen LogP contribution >= 0.6 is 11.6 Å². The van der Waals surface area contributed by atoms with Crippen LogP contribution in [0.4, 0.5) is 0 Å².